The summed E-state index contributed by atoms with van der Waals surface area (Å²) in [6, 6.07) is 20.1. The lowest BCUT2D eigenvalue weighted by Gasteiger charge is -2.39. The van der Waals surface area contributed by atoms with Crippen LogP contribution in [0.15, 0.2) is 85.2 Å². The Labute approximate surface area is 235 Å². The van der Waals surface area contributed by atoms with Gasteiger partial charge in [0.1, 0.15) is 0 Å². The van der Waals surface area contributed by atoms with E-state index in [0.29, 0.717) is 11.8 Å². The van der Waals surface area contributed by atoms with Crippen LogP contribution in [0.3, 0.4) is 0 Å². The van der Waals surface area contributed by atoms with Crippen LogP contribution in [0, 0.1) is 11.8 Å². The van der Waals surface area contributed by atoms with E-state index in [4.69, 9.17) is 0 Å². The zero-order valence-corrected chi connectivity index (χ0v) is 22.7. The van der Waals surface area contributed by atoms with Crippen molar-refractivity contribution in [2.45, 2.75) is 25.7 Å². The van der Waals surface area contributed by atoms with E-state index in [1.54, 1.807) is 12.2 Å². The lowest BCUT2D eigenvalue weighted by atomic mass is 9.78. The summed E-state index contributed by atoms with van der Waals surface area (Å²) in [4.78, 5) is 38.5. The van der Waals surface area contributed by atoms with Gasteiger partial charge in [-0.25, -0.2) is 0 Å². The van der Waals surface area contributed by atoms with E-state index in [0.717, 1.165) is 84.8 Å². The zero-order chi connectivity index (χ0) is 27.3. The van der Waals surface area contributed by atoms with Crippen LogP contribution in [0.25, 0.3) is 34.0 Å². The average molecular weight is 531 g/mol. The van der Waals surface area contributed by atoms with Crippen molar-refractivity contribution in [1.29, 1.82) is 0 Å². The molecule has 0 bridgehead atoms. The SMILES string of the molecule is O=C(C=Cc1cnc2ccccc2c1)N1CCC(C2CCN(C(=O)C=Cc3cnc4ccccc4c3)CC2)CC1. The van der Waals surface area contributed by atoms with Crippen molar-refractivity contribution >= 4 is 45.8 Å². The smallest absolute Gasteiger partial charge is 0.246 e. The van der Waals surface area contributed by atoms with Gasteiger partial charge >= 0.3 is 0 Å². The highest BCUT2D eigenvalue weighted by atomic mass is 16.2. The first-order valence-electron chi connectivity index (χ1n) is 14.3. The molecule has 2 fully saturated rings. The van der Waals surface area contributed by atoms with Crippen molar-refractivity contribution in [3.05, 3.63) is 96.3 Å². The first-order chi connectivity index (χ1) is 19.6. The van der Waals surface area contributed by atoms with Gasteiger partial charge in [0, 0.05) is 61.5 Å². The Balaban J connectivity index is 0.959. The molecule has 2 saturated heterocycles. The van der Waals surface area contributed by atoms with Crippen LogP contribution in [-0.2, 0) is 9.59 Å². The third-order valence-electron chi connectivity index (χ3n) is 8.43. The average Bonchev–Trinajstić information content (AvgIpc) is 3.02. The standard InChI is InChI=1S/C34H34N4O2/c39-33(11-9-25-21-29-5-1-3-7-31(29)35-23-25)37-17-13-27(14-18-37)28-15-19-38(20-16-28)34(40)12-10-26-22-30-6-2-4-8-32(30)36-24-26/h1-12,21-24,27-28H,13-20H2. The highest BCUT2D eigenvalue weighted by molar-refractivity contribution is 5.93. The molecule has 2 aliphatic rings. The first-order valence-corrected chi connectivity index (χ1v) is 14.3. The van der Waals surface area contributed by atoms with E-state index in [-0.39, 0.29) is 11.8 Å². The van der Waals surface area contributed by atoms with Crippen molar-refractivity contribution in [1.82, 2.24) is 19.8 Å². The maximum atomic E-state index is 12.8. The van der Waals surface area contributed by atoms with Gasteiger partial charge in [0.2, 0.25) is 11.8 Å². The number of likely N-dealkylation sites (tertiary alicyclic amines) is 2. The van der Waals surface area contributed by atoms with Gasteiger partial charge in [-0.2, -0.15) is 0 Å². The number of hydrogen-bond donors (Lipinski definition) is 0. The maximum Gasteiger partial charge on any atom is 0.246 e. The van der Waals surface area contributed by atoms with Crippen molar-refractivity contribution in [3.8, 4) is 0 Å². The number of carbonyl (C=O) groups excluding carboxylic acids is 2. The van der Waals surface area contributed by atoms with Crippen LogP contribution in [0.5, 0.6) is 0 Å². The van der Waals surface area contributed by atoms with Gasteiger partial charge in [0.15, 0.2) is 0 Å². The minimum atomic E-state index is 0.0698. The molecule has 202 valence electrons. The number of rotatable bonds is 5. The van der Waals surface area contributed by atoms with E-state index in [2.05, 4.69) is 22.1 Å². The molecule has 0 aliphatic carbocycles. The Morgan fingerprint density at radius 1 is 0.625 bits per heavy atom. The van der Waals surface area contributed by atoms with Gasteiger partial charge < -0.3 is 9.80 Å². The molecule has 40 heavy (non-hydrogen) atoms. The number of fused-ring (bicyclic) bond motifs is 2. The van der Waals surface area contributed by atoms with Gasteiger partial charge in [-0.3, -0.25) is 19.6 Å². The molecule has 4 heterocycles. The minimum Gasteiger partial charge on any atom is -0.339 e. The number of aromatic nitrogens is 2. The Morgan fingerprint density at radius 2 is 1.02 bits per heavy atom. The number of hydrogen-bond acceptors (Lipinski definition) is 4. The van der Waals surface area contributed by atoms with Gasteiger partial charge in [0.25, 0.3) is 0 Å². The molecule has 0 N–H and O–H groups in total. The molecule has 6 heteroatoms. The molecular weight excluding hydrogens is 496 g/mol. The second-order valence-electron chi connectivity index (χ2n) is 10.9. The molecule has 2 aliphatic heterocycles. The molecule has 6 rings (SSSR count). The topological polar surface area (TPSA) is 66.4 Å². The number of piperidine rings is 2. The van der Waals surface area contributed by atoms with Gasteiger partial charge in [0.05, 0.1) is 11.0 Å². The minimum absolute atomic E-state index is 0.0698. The predicted molar refractivity (Wildman–Crippen MR) is 160 cm³/mol. The van der Waals surface area contributed by atoms with Crippen molar-refractivity contribution < 1.29 is 9.59 Å². The molecular formula is C34H34N4O2. The van der Waals surface area contributed by atoms with Crippen LogP contribution >= 0.6 is 0 Å². The summed E-state index contributed by atoms with van der Waals surface area (Å²) in [5, 5.41) is 2.15. The third kappa shape index (κ3) is 5.96. The first kappa shape index (κ1) is 25.9. The summed E-state index contributed by atoms with van der Waals surface area (Å²) in [5.41, 5.74) is 3.79. The second kappa shape index (κ2) is 11.8. The largest absolute Gasteiger partial charge is 0.339 e. The van der Waals surface area contributed by atoms with Crippen molar-refractivity contribution in [2.24, 2.45) is 11.8 Å². The molecule has 0 spiro atoms. The molecule has 6 nitrogen and oxygen atoms in total. The molecule has 0 saturated carbocycles. The number of amides is 2. The second-order valence-corrected chi connectivity index (χ2v) is 10.9. The van der Waals surface area contributed by atoms with Crippen LogP contribution in [-0.4, -0.2) is 57.8 Å². The lowest BCUT2D eigenvalue weighted by Crippen LogP contribution is -2.43. The summed E-state index contributed by atoms with van der Waals surface area (Å²) >= 11 is 0. The summed E-state index contributed by atoms with van der Waals surface area (Å²) in [6.07, 6.45) is 14.8. The van der Waals surface area contributed by atoms with Crippen LogP contribution in [0.2, 0.25) is 0 Å². The number of benzene rings is 2. The Morgan fingerprint density at radius 3 is 1.45 bits per heavy atom. The highest BCUT2D eigenvalue weighted by Crippen LogP contribution is 2.32. The van der Waals surface area contributed by atoms with E-state index in [1.165, 1.54) is 0 Å². The van der Waals surface area contributed by atoms with Crippen molar-refractivity contribution in [3.63, 3.8) is 0 Å². The summed E-state index contributed by atoms with van der Waals surface area (Å²) in [6.45, 7) is 3.19. The number of carbonyl (C=O) groups is 2. The van der Waals surface area contributed by atoms with Crippen LogP contribution in [0.1, 0.15) is 36.8 Å². The number of para-hydroxylation sites is 2. The van der Waals surface area contributed by atoms with E-state index < -0.39 is 0 Å². The monoisotopic (exact) mass is 530 g/mol. The molecule has 2 aromatic heterocycles. The fraction of sp³-hybridized carbons (Fsp3) is 0.294. The van der Waals surface area contributed by atoms with Crippen molar-refractivity contribution in [2.75, 3.05) is 26.2 Å². The molecule has 0 radical (unpaired) electrons. The maximum absolute atomic E-state index is 12.8. The fourth-order valence-corrected chi connectivity index (χ4v) is 6.09. The summed E-state index contributed by atoms with van der Waals surface area (Å²) in [7, 11) is 0. The molecule has 4 aromatic rings. The Hall–Kier alpha value is -4.32. The Bertz CT molecular complexity index is 1460. The Kier molecular flexibility index (Phi) is 7.67. The van der Waals surface area contributed by atoms with E-state index in [9.17, 15) is 9.59 Å². The molecule has 2 aromatic carbocycles. The fourth-order valence-electron chi connectivity index (χ4n) is 6.09. The quantitative estimate of drug-likeness (QED) is 0.298. The van der Waals surface area contributed by atoms with E-state index in [1.807, 2.05) is 82.9 Å². The number of nitrogens with zero attached hydrogens (tertiary/aromatic N) is 4. The van der Waals surface area contributed by atoms with E-state index >= 15 is 0 Å². The normalized spacial score (nSPS) is 17.4. The molecule has 0 atom stereocenters. The summed E-state index contributed by atoms with van der Waals surface area (Å²) < 4.78 is 0. The predicted octanol–water partition coefficient (Wildman–Crippen LogP) is 5.99. The zero-order valence-electron chi connectivity index (χ0n) is 22.7. The van der Waals surface area contributed by atoms with Crippen LogP contribution in [0.4, 0.5) is 0 Å². The number of pyridine rings is 2. The van der Waals surface area contributed by atoms with Gasteiger partial charge in [-0.15, -0.1) is 0 Å². The van der Waals surface area contributed by atoms with Crippen LogP contribution < -0.4 is 0 Å². The lowest BCUT2D eigenvalue weighted by molar-refractivity contribution is -0.129. The van der Waals surface area contributed by atoms with Gasteiger partial charge in [-0.05, 0) is 85.1 Å². The third-order valence-corrected chi connectivity index (χ3v) is 8.43. The molecule has 0 unspecified atom stereocenters. The van der Waals surface area contributed by atoms with Gasteiger partial charge in [-0.1, -0.05) is 36.4 Å². The highest BCUT2D eigenvalue weighted by Gasteiger charge is 2.31. The molecule has 2 amide bonds. The summed E-state index contributed by atoms with van der Waals surface area (Å²) in [5.74, 6) is 1.38.